The Morgan fingerprint density at radius 3 is 2.75 bits per heavy atom. The molecule has 194 valence electrons. The van der Waals surface area contributed by atoms with E-state index in [9.17, 15) is 30.8 Å². The van der Waals surface area contributed by atoms with Gasteiger partial charge in [-0.05, 0) is 37.0 Å². The van der Waals surface area contributed by atoms with E-state index in [1.807, 2.05) is 0 Å². The number of carbonyl (C=O) groups is 1. The minimum absolute atomic E-state index is 0.0448. The Bertz CT molecular complexity index is 1340. The first-order valence-corrected chi connectivity index (χ1v) is 12.9. The molecule has 0 aromatic carbocycles. The van der Waals surface area contributed by atoms with E-state index < -0.39 is 45.3 Å². The highest BCUT2D eigenvalue weighted by Gasteiger charge is 2.36. The number of ketones is 1. The van der Waals surface area contributed by atoms with Crippen molar-refractivity contribution in [3.63, 3.8) is 0 Å². The molecule has 3 aromatic rings. The van der Waals surface area contributed by atoms with Crippen molar-refractivity contribution in [2.75, 3.05) is 11.9 Å². The van der Waals surface area contributed by atoms with E-state index in [1.54, 1.807) is 10.8 Å². The Morgan fingerprint density at radius 1 is 1.28 bits per heavy atom. The fourth-order valence-corrected chi connectivity index (χ4v) is 5.24. The zero-order chi connectivity index (χ0) is 26.1. The summed E-state index contributed by atoms with van der Waals surface area (Å²) >= 11 is 0.628. The third-order valence-electron chi connectivity index (χ3n) is 5.62. The van der Waals surface area contributed by atoms with Crippen molar-refractivity contribution in [3.05, 3.63) is 64.0 Å². The number of carbonyl (C=O) groups excluding carboxylic acids is 1. The first-order chi connectivity index (χ1) is 16.9. The predicted molar refractivity (Wildman–Crippen MR) is 122 cm³/mol. The van der Waals surface area contributed by atoms with Gasteiger partial charge >= 0.3 is 16.5 Å². The van der Waals surface area contributed by atoms with Crippen molar-refractivity contribution in [1.82, 2.24) is 14.5 Å². The summed E-state index contributed by atoms with van der Waals surface area (Å²) < 4.78 is 81.2. The molecule has 0 radical (unpaired) electrons. The van der Waals surface area contributed by atoms with Crippen LogP contribution in [0.25, 0.3) is 0 Å². The summed E-state index contributed by atoms with van der Waals surface area (Å²) in [6, 6.07) is 3.18. The molecule has 3 atom stereocenters. The number of nitrogens with one attached hydrogen (secondary N) is 1. The fourth-order valence-electron chi connectivity index (χ4n) is 3.97. The van der Waals surface area contributed by atoms with Gasteiger partial charge in [-0.1, -0.05) is 0 Å². The van der Waals surface area contributed by atoms with Crippen LogP contribution in [0.2, 0.25) is 0 Å². The number of hydrogen-bond acceptors (Lipinski definition) is 8. The standard InChI is InChI=1S/C21H21F4N5O4S2/c22-16-5-12(10-34-36(26,32)33)6-17(16)29-20-15(7-27-11-28-20)19(31)13-3-4-30(8-13)9-14-1-2-18(35-14)21(23,24)25/h1-4,7-8,11-12,16-17H,5-6,9-10H2,(H2,26,32,33)(H,27,28,29). The molecule has 0 spiro atoms. The molecular formula is C21H21F4N5O4S2. The van der Waals surface area contributed by atoms with E-state index in [0.29, 0.717) is 16.2 Å². The maximum Gasteiger partial charge on any atom is 0.425 e. The molecule has 0 bridgehead atoms. The van der Waals surface area contributed by atoms with Gasteiger partial charge in [-0.15, -0.1) is 11.3 Å². The molecule has 9 nitrogen and oxygen atoms in total. The molecule has 0 amide bonds. The van der Waals surface area contributed by atoms with Crippen molar-refractivity contribution >= 4 is 33.2 Å². The van der Waals surface area contributed by atoms with Crippen LogP contribution in [0.5, 0.6) is 0 Å². The maximum absolute atomic E-state index is 14.6. The Morgan fingerprint density at radius 2 is 2.06 bits per heavy atom. The van der Waals surface area contributed by atoms with Gasteiger partial charge in [0.05, 0.1) is 24.8 Å². The fraction of sp³-hybridized carbons (Fsp3) is 0.381. The summed E-state index contributed by atoms with van der Waals surface area (Å²) in [5.74, 6) is -0.751. The summed E-state index contributed by atoms with van der Waals surface area (Å²) in [5, 5.41) is 7.72. The van der Waals surface area contributed by atoms with Crippen LogP contribution in [0.15, 0.2) is 43.1 Å². The van der Waals surface area contributed by atoms with Crippen molar-refractivity contribution in [3.8, 4) is 0 Å². The molecular weight excluding hydrogens is 526 g/mol. The van der Waals surface area contributed by atoms with E-state index in [1.165, 1.54) is 30.9 Å². The lowest BCUT2D eigenvalue weighted by atomic mass is 10.1. The highest BCUT2D eigenvalue weighted by atomic mass is 32.2. The lowest BCUT2D eigenvalue weighted by Gasteiger charge is -2.17. The topological polar surface area (TPSA) is 129 Å². The summed E-state index contributed by atoms with van der Waals surface area (Å²) in [4.78, 5) is 20.8. The molecule has 0 saturated heterocycles. The number of anilines is 1. The van der Waals surface area contributed by atoms with Gasteiger partial charge in [0.25, 0.3) is 0 Å². The monoisotopic (exact) mass is 547 g/mol. The first kappa shape index (κ1) is 26.2. The number of halogens is 4. The number of thiophene rings is 1. The number of hydrogen-bond donors (Lipinski definition) is 2. The Labute approximate surface area is 207 Å². The summed E-state index contributed by atoms with van der Waals surface area (Å²) in [6.07, 6.45) is 0.0724. The van der Waals surface area contributed by atoms with Gasteiger partial charge in [0.2, 0.25) is 0 Å². The number of nitrogens with two attached hydrogens (primary N) is 1. The third kappa shape index (κ3) is 6.46. The van der Waals surface area contributed by atoms with Crippen LogP contribution in [-0.2, 0) is 27.2 Å². The van der Waals surface area contributed by atoms with Crippen molar-refractivity contribution in [2.45, 2.75) is 37.8 Å². The zero-order valence-electron chi connectivity index (χ0n) is 18.5. The molecule has 36 heavy (non-hydrogen) atoms. The number of aromatic nitrogens is 3. The SMILES string of the molecule is NS(=O)(=O)OCC1CC(F)C(Nc2ncncc2C(=O)c2ccn(Cc3ccc(C(F)(F)F)s3)c2)C1. The molecule has 0 aliphatic heterocycles. The summed E-state index contributed by atoms with van der Waals surface area (Å²) in [6.45, 7) is -0.104. The predicted octanol–water partition coefficient (Wildman–Crippen LogP) is 3.39. The van der Waals surface area contributed by atoms with Gasteiger partial charge in [0, 0.05) is 29.0 Å². The average molecular weight is 548 g/mol. The highest BCUT2D eigenvalue weighted by Crippen LogP contribution is 2.35. The molecule has 1 aliphatic carbocycles. The molecule has 3 aromatic heterocycles. The van der Waals surface area contributed by atoms with Gasteiger partial charge in [0.1, 0.15) is 23.2 Å². The Hall–Kier alpha value is -2.88. The molecule has 4 rings (SSSR count). The van der Waals surface area contributed by atoms with E-state index in [0.717, 1.165) is 6.07 Å². The van der Waals surface area contributed by atoms with Gasteiger partial charge < -0.3 is 9.88 Å². The third-order valence-corrected chi connectivity index (χ3v) is 7.20. The van der Waals surface area contributed by atoms with Crippen molar-refractivity contribution in [1.29, 1.82) is 0 Å². The number of nitrogens with zero attached hydrogens (tertiary/aromatic N) is 3. The van der Waals surface area contributed by atoms with Gasteiger partial charge in [0.15, 0.2) is 5.78 Å². The minimum Gasteiger partial charge on any atom is -0.364 e. The summed E-state index contributed by atoms with van der Waals surface area (Å²) in [7, 11) is -4.14. The molecule has 1 aliphatic rings. The Balaban J connectivity index is 1.44. The Kier molecular flexibility index (Phi) is 7.45. The van der Waals surface area contributed by atoms with E-state index in [2.05, 4.69) is 19.5 Å². The van der Waals surface area contributed by atoms with Gasteiger partial charge in [-0.2, -0.15) is 21.6 Å². The molecule has 1 fully saturated rings. The van der Waals surface area contributed by atoms with Gasteiger partial charge in [-0.25, -0.2) is 19.5 Å². The zero-order valence-corrected chi connectivity index (χ0v) is 20.1. The number of alkyl halides is 4. The molecule has 1 saturated carbocycles. The van der Waals surface area contributed by atoms with E-state index in [-0.39, 0.29) is 42.9 Å². The normalized spacial score (nSPS) is 20.5. The smallest absolute Gasteiger partial charge is 0.364 e. The van der Waals surface area contributed by atoms with E-state index in [4.69, 9.17) is 5.14 Å². The first-order valence-electron chi connectivity index (χ1n) is 10.6. The lowest BCUT2D eigenvalue weighted by Crippen LogP contribution is -2.27. The average Bonchev–Trinajstić information content (AvgIpc) is 3.53. The van der Waals surface area contributed by atoms with Crippen LogP contribution < -0.4 is 10.5 Å². The van der Waals surface area contributed by atoms with Crippen LogP contribution in [0.1, 0.15) is 38.5 Å². The number of rotatable bonds is 9. The molecule has 3 heterocycles. The largest absolute Gasteiger partial charge is 0.425 e. The quantitative estimate of drug-likeness (QED) is 0.310. The van der Waals surface area contributed by atoms with Crippen LogP contribution in [0, 0.1) is 5.92 Å². The second-order valence-electron chi connectivity index (χ2n) is 8.33. The maximum atomic E-state index is 14.6. The highest BCUT2D eigenvalue weighted by molar-refractivity contribution is 7.84. The molecule has 15 heteroatoms. The lowest BCUT2D eigenvalue weighted by molar-refractivity contribution is -0.134. The molecule has 3 unspecified atom stereocenters. The second kappa shape index (κ2) is 10.2. The van der Waals surface area contributed by atoms with Crippen LogP contribution in [-0.4, -0.2) is 47.6 Å². The van der Waals surface area contributed by atoms with Gasteiger partial charge in [-0.3, -0.25) is 8.98 Å². The summed E-state index contributed by atoms with van der Waals surface area (Å²) in [5.41, 5.74) is 0.338. The van der Waals surface area contributed by atoms with Crippen molar-refractivity contribution in [2.24, 2.45) is 11.1 Å². The van der Waals surface area contributed by atoms with Crippen LogP contribution >= 0.6 is 11.3 Å². The van der Waals surface area contributed by atoms with Crippen molar-refractivity contribution < 1.29 is 35.0 Å². The van der Waals surface area contributed by atoms with Crippen LogP contribution in [0.3, 0.4) is 0 Å². The molecule has 3 N–H and O–H groups in total. The minimum atomic E-state index is -4.41. The second-order valence-corrected chi connectivity index (χ2v) is 10.7. The van der Waals surface area contributed by atoms with Crippen LogP contribution in [0.4, 0.5) is 23.4 Å². The van der Waals surface area contributed by atoms with E-state index >= 15 is 0 Å².